The molecule has 0 aromatic rings. The summed E-state index contributed by atoms with van der Waals surface area (Å²) in [7, 11) is -2.08. The molecule has 6 nitrogen and oxygen atoms in total. The molecule has 22 heavy (non-hydrogen) atoms. The van der Waals surface area contributed by atoms with Crippen LogP contribution in [-0.4, -0.2) is 47.3 Å². The Hall–Kier alpha value is -1.44. The quantitative estimate of drug-likeness (QED) is 0.235. The zero-order valence-corrected chi connectivity index (χ0v) is 14.8. The highest BCUT2D eigenvalue weighted by atomic mass is 28.3. The van der Waals surface area contributed by atoms with E-state index in [0.717, 1.165) is 6.42 Å². The van der Waals surface area contributed by atoms with Crippen molar-refractivity contribution < 1.29 is 27.9 Å². The van der Waals surface area contributed by atoms with E-state index in [1.54, 1.807) is 13.8 Å². The van der Waals surface area contributed by atoms with Crippen LogP contribution in [-0.2, 0) is 27.9 Å². The van der Waals surface area contributed by atoms with E-state index in [9.17, 15) is 9.59 Å². The van der Waals surface area contributed by atoms with Gasteiger partial charge in [0.1, 0.15) is 6.23 Å². The third-order valence-electron chi connectivity index (χ3n) is 2.38. The molecule has 0 aliphatic carbocycles. The van der Waals surface area contributed by atoms with Crippen molar-refractivity contribution >= 4 is 21.2 Å². The topological polar surface area (TPSA) is 71.1 Å². The van der Waals surface area contributed by atoms with Crippen molar-refractivity contribution in [2.45, 2.75) is 33.6 Å². The summed E-state index contributed by atoms with van der Waals surface area (Å²) in [6, 6.07) is 0. The van der Waals surface area contributed by atoms with Gasteiger partial charge in [0, 0.05) is 30.8 Å². The molecular weight excluding hydrogens is 304 g/mol. The molecule has 0 bridgehead atoms. The molecule has 0 rings (SSSR count). The van der Waals surface area contributed by atoms with Gasteiger partial charge < -0.3 is 18.3 Å². The highest BCUT2D eigenvalue weighted by Gasteiger charge is 2.17. The van der Waals surface area contributed by atoms with E-state index < -0.39 is 21.2 Å². The molecule has 0 aliphatic heterocycles. The SMILES string of the molecule is C=C(C)C(=O)OCCCO[SiH](COC(=O)C(=C)C)OCCC. The number of hydrogen-bond donors (Lipinski definition) is 0. The van der Waals surface area contributed by atoms with Crippen LogP contribution in [0.5, 0.6) is 0 Å². The largest absolute Gasteiger partial charge is 0.462 e. The molecule has 0 aromatic heterocycles. The fourth-order valence-electron chi connectivity index (χ4n) is 1.22. The van der Waals surface area contributed by atoms with Gasteiger partial charge in [-0.2, -0.15) is 0 Å². The monoisotopic (exact) mass is 330 g/mol. The van der Waals surface area contributed by atoms with Gasteiger partial charge in [-0.25, -0.2) is 9.59 Å². The number of carbonyl (C=O) groups excluding carboxylic acids is 2. The Morgan fingerprint density at radius 1 is 0.909 bits per heavy atom. The fourth-order valence-corrected chi connectivity index (χ4v) is 2.73. The van der Waals surface area contributed by atoms with Crippen LogP contribution < -0.4 is 0 Å². The first-order valence-corrected chi connectivity index (χ1v) is 9.02. The molecule has 0 N–H and O–H groups in total. The molecule has 0 spiro atoms. The molecule has 0 heterocycles. The summed E-state index contributed by atoms with van der Waals surface area (Å²) >= 11 is 0. The lowest BCUT2D eigenvalue weighted by molar-refractivity contribution is -0.139. The molecular formula is C15H26O6Si. The van der Waals surface area contributed by atoms with Crippen LogP contribution in [0.4, 0.5) is 0 Å². The molecule has 0 fully saturated rings. The van der Waals surface area contributed by atoms with Crippen LogP contribution in [0, 0.1) is 0 Å². The highest BCUT2D eigenvalue weighted by molar-refractivity contribution is 6.44. The summed E-state index contributed by atoms with van der Waals surface area (Å²) in [5.74, 6) is -0.858. The van der Waals surface area contributed by atoms with Crippen molar-refractivity contribution in [3.63, 3.8) is 0 Å². The lowest BCUT2D eigenvalue weighted by Gasteiger charge is -2.16. The molecule has 0 aromatic carbocycles. The van der Waals surface area contributed by atoms with Crippen LogP contribution in [0.3, 0.4) is 0 Å². The van der Waals surface area contributed by atoms with Gasteiger partial charge in [0.15, 0.2) is 0 Å². The van der Waals surface area contributed by atoms with Gasteiger partial charge in [-0.15, -0.1) is 0 Å². The summed E-state index contributed by atoms with van der Waals surface area (Å²) in [6.45, 7) is 13.4. The molecule has 0 radical (unpaired) electrons. The molecule has 126 valence electrons. The summed E-state index contributed by atoms with van der Waals surface area (Å²) < 4.78 is 21.2. The number of rotatable bonds is 12. The molecule has 0 saturated heterocycles. The van der Waals surface area contributed by atoms with Crippen LogP contribution >= 0.6 is 0 Å². The van der Waals surface area contributed by atoms with Crippen LogP contribution in [0.25, 0.3) is 0 Å². The van der Waals surface area contributed by atoms with E-state index in [1.165, 1.54) is 0 Å². The van der Waals surface area contributed by atoms with E-state index in [1.807, 2.05) is 6.92 Å². The molecule has 0 aliphatic rings. The van der Waals surface area contributed by atoms with Crippen LogP contribution in [0.1, 0.15) is 33.6 Å². The Morgan fingerprint density at radius 3 is 2.00 bits per heavy atom. The Labute approximate surface area is 133 Å². The molecule has 1 atom stereocenters. The van der Waals surface area contributed by atoms with E-state index in [2.05, 4.69) is 13.2 Å². The molecule has 0 amide bonds. The van der Waals surface area contributed by atoms with Gasteiger partial charge in [-0.05, 0) is 20.3 Å². The van der Waals surface area contributed by atoms with Gasteiger partial charge in [-0.3, -0.25) is 0 Å². The van der Waals surface area contributed by atoms with Crippen LogP contribution in [0.15, 0.2) is 24.3 Å². The number of ether oxygens (including phenoxy) is 2. The van der Waals surface area contributed by atoms with Gasteiger partial charge in [0.25, 0.3) is 0 Å². The third kappa shape index (κ3) is 10.3. The number of esters is 2. The zero-order valence-electron chi connectivity index (χ0n) is 13.7. The third-order valence-corrected chi connectivity index (χ3v) is 4.03. The van der Waals surface area contributed by atoms with Crippen molar-refractivity contribution in [1.29, 1.82) is 0 Å². The average Bonchev–Trinajstić information content (AvgIpc) is 2.47. The van der Waals surface area contributed by atoms with Gasteiger partial charge in [-0.1, -0.05) is 20.1 Å². The van der Waals surface area contributed by atoms with E-state index in [-0.39, 0.29) is 12.8 Å². The van der Waals surface area contributed by atoms with Crippen molar-refractivity contribution in [3.8, 4) is 0 Å². The summed E-state index contributed by atoms with van der Waals surface area (Å²) in [4.78, 5) is 22.5. The maximum atomic E-state index is 11.4. The van der Waals surface area contributed by atoms with Crippen molar-refractivity contribution in [3.05, 3.63) is 24.3 Å². The van der Waals surface area contributed by atoms with Crippen molar-refractivity contribution in [2.75, 3.05) is 26.1 Å². The Balaban J connectivity index is 3.98. The fraction of sp³-hybridized carbons (Fsp3) is 0.600. The first kappa shape index (κ1) is 20.6. The average molecular weight is 330 g/mol. The second kappa shape index (κ2) is 12.1. The van der Waals surface area contributed by atoms with Gasteiger partial charge in [0.2, 0.25) is 0 Å². The first-order chi connectivity index (χ1) is 10.4. The lowest BCUT2D eigenvalue weighted by atomic mass is 10.4. The summed E-state index contributed by atoms with van der Waals surface area (Å²) in [5, 5.41) is 0. The standard InChI is InChI=1S/C15H26O6Si/c1-6-8-20-22(11-19-15(17)13(4)5)21-10-7-9-18-14(16)12(2)3/h22H,2,4,6-11H2,1,3,5H3. The van der Waals surface area contributed by atoms with Gasteiger partial charge >= 0.3 is 21.2 Å². The second-order valence-electron chi connectivity index (χ2n) is 4.82. The first-order valence-electron chi connectivity index (χ1n) is 7.27. The van der Waals surface area contributed by atoms with E-state index >= 15 is 0 Å². The van der Waals surface area contributed by atoms with E-state index in [0.29, 0.717) is 30.8 Å². The smallest absolute Gasteiger partial charge is 0.360 e. The predicted octanol–water partition coefficient (Wildman–Crippen LogP) is 1.82. The van der Waals surface area contributed by atoms with Crippen molar-refractivity contribution in [2.24, 2.45) is 0 Å². The minimum atomic E-state index is -2.08. The normalized spacial score (nSPS) is 11.6. The van der Waals surface area contributed by atoms with Crippen LogP contribution in [0.2, 0.25) is 0 Å². The minimum absolute atomic E-state index is 0.136. The zero-order chi connectivity index (χ0) is 17.0. The maximum Gasteiger partial charge on any atom is 0.360 e. The predicted molar refractivity (Wildman–Crippen MR) is 85.5 cm³/mol. The molecule has 1 unspecified atom stereocenters. The summed E-state index contributed by atoms with van der Waals surface area (Å²) in [5.41, 5.74) is 0.709. The minimum Gasteiger partial charge on any atom is -0.462 e. The maximum absolute atomic E-state index is 11.4. The van der Waals surface area contributed by atoms with Gasteiger partial charge in [0.05, 0.1) is 6.61 Å². The summed E-state index contributed by atoms with van der Waals surface area (Å²) in [6.07, 6.45) is 1.54. The van der Waals surface area contributed by atoms with Crippen molar-refractivity contribution in [1.82, 2.24) is 0 Å². The van der Waals surface area contributed by atoms with E-state index in [4.69, 9.17) is 18.3 Å². The molecule has 0 saturated carbocycles. The highest BCUT2D eigenvalue weighted by Crippen LogP contribution is 1.99. The molecule has 7 heteroatoms. The number of hydrogen-bond acceptors (Lipinski definition) is 6. The lowest BCUT2D eigenvalue weighted by Crippen LogP contribution is -2.32. The second-order valence-corrected chi connectivity index (χ2v) is 6.68. The number of carbonyl (C=O) groups is 2. The Kier molecular flexibility index (Phi) is 11.3. The Morgan fingerprint density at radius 2 is 1.45 bits per heavy atom. The Bertz CT molecular complexity index is 393.